The van der Waals surface area contributed by atoms with Crippen LogP contribution in [0.5, 0.6) is 0 Å². The monoisotopic (exact) mass is 332 g/mol. The van der Waals surface area contributed by atoms with Crippen LogP contribution in [0.3, 0.4) is 0 Å². The molecule has 2 aliphatic heterocycles. The molecule has 24 heavy (non-hydrogen) atoms. The highest BCUT2D eigenvalue weighted by Crippen LogP contribution is 2.20. The Morgan fingerprint density at radius 3 is 2.54 bits per heavy atom. The lowest BCUT2D eigenvalue weighted by Crippen LogP contribution is -2.54. The largest absolute Gasteiger partial charge is 0.395 e. The van der Waals surface area contributed by atoms with Crippen LogP contribution in [0.4, 0.5) is 0 Å². The fourth-order valence-electron chi connectivity index (χ4n) is 3.81. The van der Waals surface area contributed by atoms with Gasteiger partial charge >= 0.3 is 0 Å². The zero-order valence-corrected chi connectivity index (χ0v) is 14.5. The molecule has 6 heteroatoms. The summed E-state index contributed by atoms with van der Waals surface area (Å²) in [7, 11) is 0. The highest BCUT2D eigenvalue weighted by Gasteiger charge is 2.29. The van der Waals surface area contributed by atoms with E-state index in [1.165, 1.54) is 0 Å². The number of carbonyl (C=O) groups excluding carboxylic acids is 1. The first-order valence-electron chi connectivity index (χ1n) is 8.97. The molecule has 1 aromatic rings. The van der Waals surface area contributed by atoms with Crippen molar-refractivity contribution >= 4 is 5.91 Å². The fourth-order valence-corrected chi connectivity index (χ4v) is 3.81. The van der Waals surface area contributed by atoms with Gasteiger partial charge in [0.05, 0.1) is 12.2 Å². The van der Waals surface area contributed by atoms with Crippen LogP contribution in [0.1, 0.15) is 28.9 Å². The number of pyridine rings is 1. The van der Waals surface area contributed by atoms with Crippen molar-refractivity contribution in [2.45, 2.75) is 25.8 Å². The molecule has 1 amide bonds. The number of likely N-dealkylation sites (tertiary alicyclic amines) is 1. The number of aliphatic hydroxyl groups excluding tert-OH is 1. The van der Waals surface area contributed by atoms with E-state index < -0.39 is 0 Å². The Kier molecular flexibility index (Phi) is 5.81. The number of rotatable bonds is 4. The van der Waals surface area contributed by atoms with Gasteiger partial charge < -0.3 is 10.0 Å². The maximum absolute atomic E-state index is 12.7. The number of aryl methyl sites for hydroxylation is 1. The molecule has 0 bridgehead atoms. The quantitative estimate of drug-likeness (QED) is 0.875. The van der Waals surface area contributed by atoms with Crippen molar-refractivity contribution in [3.8, 4) is 0 Å². The van der Waals surface area contributed by atoms with Crippen LogP contribution < -0.4 is 0 Å². The van der Waals surface area contributed by atoms with Gasteiger partial charge in [-0.3, -0.25) is 19.6 Å². The van der Waals surface area contributed by atoms with Gasteiger partial charge in [0, 0.05) is 63.7 Å². The van der Waals surface area contributed by atoms with Crippen molar-refractivity contribution in [1.82, 2.24) is 19.7 Å². The summed E-state index contributed by atoms with van der Waals surface area (Å²) in [6.45, 7) is 8.79. The molecule has 0 aliphatic carbocycles. The number of piperidine rings is 1. The van der Waals surface area contributed by atoms with E-state index in [0.717, 1.165) is 69.9 Å². The Hall–Kier alpha value is -1.50. The molecule has 1 aromatic heterocycles. The van der Waals surface area contributed by atoms with Crippen LogP contribution in [0.15, 0.2) is 18.3 Å². The van der Waals surface area contributed by atoms with Gasteiger partial charge in [-0.2, -0.15) is 0 Å². The Morgan fingerprint density at radius 1 is 1.21 bits per heavy atom. The molecule has 0 spiro atoms. The van der Waals surface area contributed by atoms with E-state index in [1.54, 1.807) is 6.20 Å². The van der Waals surface area contributed by atoms with E-state index in [9.17, 15) is 4.79 Å². The highest BCUT2D eigenvalue weighted by molar-refractivity contribution is 5.95. The molecule has 6 nitrogen and oxygen atoms in total. The molecule has 1 N–H and O–H groups in total. The average molecular weight is 332 g/mol. The first-order chi connectivity index (χ1) is 11.7. The average Bonchev–Trinajstić information content (AvgIpc) is 2.63. The van der Waals surface area contributed by atoms with Gasteiger partial charge in [0.2, 0.25) is 0 Å². The van der Waals surface area contributed by atoms with Gasteiger partial charge in [-0.15, -0.1) is 0 Å². The minimum absolute atomic E-state index is 0.117. The lowest BCUT2D eigenvalue weighted by Gasteiger charge is -2.42. The van der Waals surface area contributed by atoms with E-state index in [2.05, 4.69) is 14.8 Å². The Balaban J connectivity index is 1.49. The Labute approximate surface area is 144 Å². The third-order valence-electron chi connectivity index (χ3n) is 5.33. The molecule has 2 aliphatic rings. The van der Waals surface area contributed by atoms with Gasteiger partial charge in [0.1, 0.15) is 0 Å². The number of amides is 1. The van der Waals surface area contributed by atoms with E-state index in [4.69, 9.17) is 5.11 Å². The standard InChI is InChI=1S/C18H28N4O2/c1-15-17(3-2-6-19-15)18(24)22-7-4-16(5-8-22)21-11-9-20(10-12-21)13-14-23/h2-3,6,16,23H,4-5,7-14H2,1H3. The third-order valence-corrected chi connectivity index (χ3v) is 5.33. The van der Waals surface area contributed by atoms with Crippen LogP contribution in [0, 0.1) is 6.92 Å². The summed E-state index contributed by atoms with van der Waals surface area (Å²) >= 11 is 0. The lowest BCUT2D eigenvalue weighted by molar-refractivity contribution is 0.0451. The fraction of sp³-hybridized carbons (Fsp3) is 0.667. The van der Waals surface area contributed by atoms with Crippen molar-refractivity contribution in [3.05, 3.63) is 29.6 Å². The van der Waals surface area contributed by atoms with E-state index in [0.29, 0.717) is 6.04 Å². The number of piperazine rings is 1. The summed E-state index contributed by atoms with van der Waals surface area (Å²) in [6, 6.07) is 4.29. The van der Waals surface area contributed by atoms with E-state index >= 15 is 0 Å². The molecule has 0 radical (unpaired) electrons. The van der Waals surface area contributed by atoms with Gasteiger partial charge in [-0.25, -0.2) is 0 Å². The smallest absolute Gasteiger partial charge is 0.255 e. The SMILES string of the molecule is Cc1ncccc1C(=O)N1CCC(N2CCN(CCO)CC2)CC1. The van der Waals surface area contributed by atoms with Crippen molar-refractivity contribution < 1.29 is 9.90 Å². The zero-order chi connectivity index (χ0) is 16.9. The third kappa shape index (κ3) is 3.94. The number of hydrogen-bond acceptors (Lipinski definition) is 5. The van der Waals surface area contributed by atoms with Gasteiger partial charge in [0.15, 0.2) is 0 Å². The molecule has 0 unspecified atom stereocenters. The number of β-amino-alcohol motifs (C(OH)–C–C–N with tert-alkyl or cyclic N) is 1. The molecule has 3 rings (SSSR count). The summed E-state index contributed by atoms with van der Waals surface area (Å²) in [5.74, 6) is 0.117. The van der Waals surface area contributed by atoms with E-state index in [1.807, 2.05) is 24.0 Å². The predicted molar refractivity (Wildman–Crippen MR) is 93.0 cm³/mol. The number of nitrogens with zero attached hydrogens (tertiary/aromatic N) is 4. The normalized spacial score (nSPS) is 21.2. The minimum atomic E-state index is 0.117. The Morgan fingerprint density at radius 2 is 1.92 bits per heavy atom. The van der Waals surface area contributed by atoms with Gasteiger partial charge in [-0.1, -0.05) is 0 Å². The molecular weight excluding hydrogens is 304 g/mol. The second-order valence-corrected chi connectivity index (χ2v) is 6.76. The van der Waals surface area contributed by atoms with Crippen LogP contribution in [-0.2, 0) is 0 Å². The van der Waals surface area contributed by atoms with Crippen molar-refractivity contribution in [2.24, 2.45) is 0 Å². The maximum atomic E-state index is 12.7. The first kappa shape index (κ1) is 17.3. The van der Waals surface area contributed by atoms with Crippen molar-refractivity contribution in [2.75, 3.05) is 52.4 Å². The molecule has 0 saturated carbocycles. The maximum Gasteiger partial charge on any atom is 0.255 e. The summed E-state index contributed by atoms with van der Waals surface area (Å²) in [6.07, 6.45) is 3.82. The molecule has 2 saturated heterocycles. The van der Waals surface area contributed by atoms with Crippen molar-refractivity contribution in [3.63, 3.8) is 0 Å². The summed E-state index contributed by atoms with van der Waals surface area (Å²) in [4.78, 5) is 23.7. The van der Waals surface area contributed by atoms with Crippen LogP contribution >= 0.6 is 0 Å². The Bertz CT molecular complexity index is 550. The van der Waals surface area contributed by atoms with Gasteiger partial charge in [-0.05, 0) is 31.9 Å². The molecular formula is C18H28N4O2. The van der Waals surface area contributed by atoms with Crippen molar-refractivity contribution in [1.29, 1.82) is 0 Å². The molecule has 3 heterocycles. The first-order valence-corrected chi connectivity index (χ1v) is 8.97. The number of carbonyl (C=O) groups is 1. The molecule has 0 aromatic carbocycles. The topological polar surface area (TPSA) is 59.9 Å². The molecule has 2 fully saturated rings. The predicted octanol–water partition coefficient (Wildman–Crippen LogP) is 0.605. The van der Waals surface area contributed by atoms with E-state index in [-0.39, 0.29) is 12.5 Å². The minimum Gasteiger partial charge on any atom is -0.395 e. The van der Waals surface area contributed by atoms with Crippen LogP contribution in [-0.4, -0.2) is 89.2 Å². The lowest BCUT2D eigenvalue weighted by atomic mass is 10.0. The number of aliphatic hydroxyl groups is 1. The number of hydrogen-bond donors (Lipinski definition) is 1. The van der Waals surface area contributed by atoms with Gasteiger partial charge in [0.25, 0.3) is 5.91 Å². The molecule has 132 valence electrons. The molecule has 0 atom stereocenters. The zero-order valence-electron chi connectivity index (χ0n) is 14.5. The van der Waals surface area contributed by atoms with Crippen LogP contribution in [0.2, 0.25) is 0 Å². The second kappa shape index (κ2) is 8.05. The summed E-state index contributed by atoms with van der Waals surface area (Å²) in [5, 5.41) is 9.03. The number of aromatic nitrogens is 1. The highest BCUT2D eigenvalue weighted by atomic mass is 16.3. The van der Waals surface area contributed by atoms with Crippen LogP contribution in [0.25, 0.3) is 0 Å². The summed E-state index contributed by atoms with van der Waals surface area (Å²) < 4.78 is 0. The summed E-state index contributed by atoms with van der Waals surface area (Å²) in [5.41, 5.74) is 1.54. The second-order valence-electron chi connectivity index (χ2n) is 6.76.